The number of rotatable bonds is 4. The molecule has 1 rings (SSSR count). The molecule has 1 aliphatic rings. The molecule has 0 radical (unpaired) electrons. The summed E-state index contributed by atoms with van der Waals surface area (Å²) in [6, 6.07) is 0. The van der Waals surface area contributed by atoms with Crippen LogP contribution in [0.2, 0.25) is 0 Å². The quantitative estimate of drug-likeness (QED) is 0.636. The van der Waals surface area contributed by atoms with Crippen LogP contribution >= 0.6 is 0 Å². The molecule has 4 heteroatoms. The molecule has 1 heterocycles. The lowest BCUT2D eigenvalue weighted by atomic mass is 10.0. The monoisotopic (exact) mass is 186 g/mol. The Kier molecular flexibility index (Phi) is 4.78. The number of hydrogen-bond donors (Lipinski definition) is 2. The fraction of sp³-hybridized carbons (Fsp3) is 0.889. The lowest BCUT2D eigenvalue weighted by molar-refractivity contribution is -0.119. The van der Waals surface area contributed by atoms with Crippen molar-refractivity contribution in [1.82, 2.24) is 10.6 Å². The van der Waals surface area contributed by atoms with Crippen LogP contribution < -0.4 is 10.6 Å². The summed E-state index contributed by atoms with van der Waals surface area (Å²) in [5, 5.41) is 5.68. The summed E-state index contributed by atoms with van der Waals surface area (Å²) in [5.74, 6) is 0.620. The summed E-state index contributed by atoms with van der Waals surface area (Å²) in [6.45, 7) is 3.02. The Hall–Kier alpha value is -0.610. The molecular weight excluding hydrogens is 168 g/mol. The minimum absolute atomic E-state index is 0.0386. The van der Waals surface area contributed by atoms with Gasteiger partial charge in [0.1, 0.15) is 0 Å². The average molecular weight is 186 g/mol. The van der Waals surface area contributed by atoms with Crippen molar-refractivity contribution in [3.63, 3.8) is 0 Å². The minimum atomic E-state index is 0.0386. The third-order valence-electron chi connectivity index (χ3n) is 2.25. The van der Waals surface area contributed by atoms with Crippen molar-refractivity contribution >= 4 is 5.91 Å². The highest BCUT2D eigenvalue weighted by Crippen LogP contribution is 2.11. The topological polar surface area (TPSA) is 50.4 Å². The maximum Gasteiger partial charge on any atom is 0.233 e. The lowest BCUT2D eigenvalue weighted by Crippen LogP contribution is -2.36. The molecule has 1 amide bonds. The predicted molar refractivity (Wildman–Crippen MR) is 50.5 cm³/mol. The van der Waals surface area contributed by atoms with Crippen molar-refractivity contribution in [2.75, 3.05) is 33.4 Å². The molecule has 0 saturated carbocycles. The summed E-state index contributed by atoms with van der Waals surface area (Å²) in [7, 11) is 1.65. The van der Waals surface area contributed by atoms with E-state index in [2.05, 4.69) is 10.6 Å². The van der Waals surface area contributed by atoms with E-state index in [1.807, 2.05) is 0 Å². The second-order valence-electron chi connectivity index (χ2n) is 3.39. The molecule has 1 unspecified atom stereocenters. The Morgan fingerprint density at radius 3 is 3.08 bits per heavy atom. The van der Waals surface area contributed by atoms with Crippen molar-refractivity contribution in [1.29, 1.82) is 0 Å². The van der Waals surface area contributed by atoms with E-state index in [9.17, 15) is 4.79 Å². The number of ether oxygens (including phenoxy) is 1. The van der Waals surface area contributed by atoms with Gasteiger partial charge in [0.05, 0.1) is 13.2 Å². The van der Waals surface area contributed by atoms with E-state index in [4.69, 9.17) is 4.74 Å². The van der Waals surface area contributed by atoms with Gasteiger partial charge < -0.3 is 15.4 Å². The normalized spacial score (nSPS) is 22.7. The number of carbonyl (C=O) groups excluding carboxylic acids is 1. The maximum absolute atomic E-state index is 10.8. The first-order valence-corrected chi connectivity index (χ1v) is 4.82. The first kappa shape index (κ1) is 10.5. The summed E-state index contributed by atoms with van der Waals surface area (Å²) >= 11 is 0. The third kappa shape index (κ3) is 4.24. The molecule has 0 aliphatic carbocycles. The second kappa shape index (κ2) is 5.94. The summed E-state index contributed by atoms with van der Waals surface area (Å²) in [6.07, 6.45) is 2.35. The molecule has 0 spiro atoms. The number of nitrogens with one attached hydrogen (secondary N) is 2. The van der Waals surface area contributed by atoms with Gasteiger partial charge in [-0.3, -0.25) is 4.79 Å². The van der Waals surface area contributed by atoms with Crippen LogP contribution in [0.15, 0.2) is 0 Å². The number of likely N-dealkylation sites (N-methyl/N-ethyl adjacent to an activating group) is 1. The Morgan fingerprint density at radius 1 is 1.62 bits per heavy atom. The maximum atomic E-state index is 10.8. The van der Waals surface area contributed by atoms with Crippen LogP contribution in [-0.4, -0.2) is 39.3 Å². The van der Waals surface area contributed by atoms with E-state index in [0.29, 0.717) is 12.5 Å². The van der Waals surface area contributed by atoms with Crippen LogP contribution in [0.1, 0.15) is 12.8 Å². The second-order valence-corrected chi connectivity index (χ2v) is 3.39. The molecular formula is C9H18N2O2. The van der Waals surface area contributed by atoms with E-state index >= 15 is 0 Å². The van der Waals surface area contributed by atoms with Crippen molar-refractivity contribution < 1.29 is 9.53 Å². The minimum Gasteiger partial charge on any atom is -0.381 e. The number of amides is 1. The van der Waals surface area contributed by atoms with Gasteiger partial charge in [-0.15, -0.1) is 0 Å². The Labute approximate surface area is 79.0 Å². The highest BCUT2D eigenvalue weighted by molar-refractivity contribution is 5.77. The van der Waals surface area contributed by atoms with Crippen molar-refractivity contribution in [2.45, 2.75) is 12.8 Å². The van der Waals surface area contributed by atoms with Gasteiger partial charge in [0.25, 0.3) is 0 Å². The molecule has 1 aliphatic heterocycles. The molecule has 1 atom stereocenters. The van der Waals surface area contributed by atoms with Crippen LogP contribution in [0, 0.1) is 5.92 Å². The Balaban J connectivity index is 2.01. The molecule has 0 aromatic heterocycles. The number of carbonyl (C=O) groups is 1. The standard InChI is InChI=1S/C9H18N2O2/c1-10-9(12)6-11-5-8-3-2-4-13-7-8/h8,11H,2-7H2,1H3,(H,10,12). The van der Waals surface area contributed by atoms with E-state index in [1.54, 1.807) is 7.05 Å². The van der Waals surface area contributed by atoms with Gasteiger partial charge in [-0.05, 0) is 18.8 Å². The van der Waals surface area contributed by atoms with Crippen LogP contribution in [0.3, 0.4) is 0 Å². The van der Waals surface area contributed by atoms with Gasteiger partial charge in [-0.25, -0.2) is 0 Å². The highest BCUT2D eigenvalue weighted by Gasteiger charge is 2.13. The molecule has 13 heavy (non-hydrogen) atoms. The summed E-state index contributed by atoms with van der Waals surface area (Å²) in [5.41, 5.74) is 0. The van der Waals surface area contributed by atoms with E-state index in [1.165, 1.54) is 6.42 Å². The molecule has 0 bridgehead atoms. The smallest absolute Gasteiger partial charge is 0.233 e. The van der Waals surface area contributed by atoms with Gasteiger partial charge in [0.15, 0.2) is 0 Å². The molecule has 1 fully saturated rings. The molecule has 76 valence electrons. The van der Waals surface area contributed by atoms with Crippen molar-refractivity contribution in [3.05, 3.63) is 0 Å². The van der Waals surface area contributed by atoms with Gasteiger partial charge >= 0.3 is 0 Å². The zero-order valence-electron chi connectivity index (χ0n) is 8.14. The van der Waals surface area contributed by atoms with E-state index < -0.39 is 0 Å². The fourth-order valence-corrected chi connectivity index (χ4v) is 1.45. The van der Waals surface area contributed by atoms with Crippen LogP contribution in [0.5, 0.6) is 0 Å². The fourth-order valence-electron chi connectivity index (χ4n) is 1.45. The molecule has 1 saturated heterocycles. The first-order valence-electron chi connectivity index (χ1n) is 4.82. The molecule has 2 N–H and O–H groups in total. The van der Waals surface area contributed by atoms with Crippen molar-refractivity contribution in [2.24, 2.45) is 5.92 Å². The number of hydrogen-bond acceptors (Lipinski definition) is 3. The highest BCUT2D eigenvalue weighted by atomic mass is 16.5. The Morgan fingerprint density at radius 2 is 2.46 bits per heavy atom. The predicted octanol–water partition coefficient (Wildman–Crippen LogP) is -0.251. The van der Waals surface area contributed by atoms with Crippen LogP contribution in [0.4, 0.5) is 0 Å². The van der Waals surface area contributed by atoms with E-state index in [0.717, 1.165) is 26.2 Å². The first-order chi connectivity index (χ1) is 6.33. The molecule has 4 nitrogen and oxygen atoms in total. The van der Waals surface area contributed by atoms with Crippen molar-refractivity contribution in [3.8, 4) is 0 Å². The molecule has 0 aromatic carbocycles. The van der Waals surface area contributed by atoms with Gasteiger partial charge in [0.2, 0.25) is 5.91 Å². The van der Waals surface area contributed by atoms with Gasteiger partial charge in [-0.1, -0.05) is 0 Å². The molecule has 0 aromatic rings. The zero-order chi connectivity index (χ0) is 9.52. The summed E-state index contributed by atoms with van der Waals surface area (Å²) < 4.78 is 5.33. The zero-order valence-corrected chi connectivity index (χ0v) is 8.14. The van der Waals surface area contributed by atoms with Gasteiger partial charge in [-0.2, -0.15) is 0 Å². The SMILES string of the molecule is CNC(=O)CNCC1CCCOC1. The Bertz CT molecular complexity index is 156. The van der Waals surface area contributed by atoms with Crippen LogP contribution in [0.25, 0.3) is 0 Å². The van der Waals surface area contributed by atoms with Crippen LogP contribution in [-0.2, 0) is 9.53 Å². The third-order valence-corrected chi connectivity index (χ3v) is 2.25. The van der Waals surface area contributed by atoms with Gasteiger partial charge in [0, 0.05) is 20.2 Å². The van der Waals surface area contributed by atoms with E-state index in [-0.39, 0.29) is 5.91 Å². The lowest BCUT2D eigenvalue weighted by Gasteiger charge is -2.21. The average Bonchev–Trinajstić information content (AvgIpc) is 2.19. The summed E-state index contributed by atoms with van der Waals surface area (Å²) in [4.78, 5) is 10.8. The largest absolute Gasteiger partial charge is 0.381 e.